The summed E-state index contributed by atoms with van der Waals surface area (Å²) in [6, 6.07) is 2.41. The maximum Gasteiger partial charge on any atom is 0.419 e. The van der Waals surface area contributed by atoms with Crippen molar-refractivity contribution < 1.29 is 17.6 Å². The van der Waals surface area contributed by atoms with E-state index in [1.807, 2.05) is 6.26 Å². The van der Waals surface area contributed by atoms with Crippen LogP contribution in [0.25, 0.3) is 0 Å². The molecule has 17 heavy (non-hydrogen) atoms. The highest BCUT2D eigenvalue weighted by Gasteiger charge is 2.34. The summed E-state index contributed by atoms with van der Waals surface area (Å²) in [5.41, 5.74) is 4.89. The maximum atomic E-state index is 13.2. The molecule has 1 nitrogen and oxygen atoms in total. The minimum absolute atomic E-state index is 0.393. The van der Waals surface area contributed by atoms with Gasteiger partial charge in [-0.15, -0.1) is 0 Å². The summed E-state index contributed by atoms with van der Waals surface area (Å²) < 4.78 is 50.2. The molecule has 0 radical (unpaired) electrons. The van der Waals surface area contributed by atoms with Gasteiger partial charge in [0.2, 0.25) is 0 Å². The lowest BCUT2D eigenvalue weighted by molar-refractivity contribution is -0.140. The molecule has 0 aliphatic carbocycles. The van der Waals surface area contributed by atoms with Crippen LogP contribution in [0, 0.1) is 5.82 Å². The number of rotatable bonds is 4. The third-order valence-electron chi connectivity index (χ3n) is 2.36. The largest absolute Gasteiger partial charge is 0.419 e. The first kappa shape index (κ1) is 14.3. The van der Waals surface area contributed by atoms with Gasteiger partial charge in [-0.05, 0) is 36.1 Å². The average molecular weight is 267 g/mol. The van der Waals surface area contributed by atoms with Crippen molar-refractivity contribution >= 4 is 11.8 Å². The maximum absolute atomic E-state index is 13.2. The van der Waals surface area contributed by atoms with Crippen molar-refractivity contribution in [3.8, 4) is 0 Å². The van der Waals surface area contributed by atoms with E-state index in [4.69, 9.17) is 5.73 Å². The highest BCUT2D eigenvalue weighted by molar-refractivity contribution is 7.98. The molecule has 0 saturated carbocycles. The summed E-state index contributed by atoms with van der Waals surface area (Å²) in [6.45, 7) is 0. The zero-order valence-corrected chi connectivity index (χ0v) is 10.0. The third-order valence-corrected chi connectivity index (χ3v) is 3.00. The van der Waals surface area contributed by atoms with Crippen LogP contribution in [0.1, 0.15) is 23.6 Å². The molecule has 1 rings (SSSR count). The van der Waals surface area contributed by atoms with Gasteiger partial charge >= 0.3 is 6.18 Å². The predicted molar refractivity (Wildman–Crippen MR) is 61.3 cm³/mol. The van der Waals surface area contributed by atoms with Crippen molar-refractivity contribution in [2.45, 2.75) is 18.6 Å². The second kappa shape index (κ2) is 5.73. The summed E-state index contributed by atoms with van der Waals surface area (Å²) in [4.78, 5) is 0. The summed E-state index contributed by atoms with van der Waals surface area (Å²) in [5.74, 6) is -0.487. The van der Waals surface area contributed by atoms with E-state index in [0.29, 0.717) is 12.0 Å². The fourth-order valence-electron chi connectivity index (χ4n) is 1.40. The molecule has 1 aromatic carbocycles. The van der Waals surface area contributed by atoms with Gasteiger partial charge in [0.15, 0.2) is 0 Å². The first-order chi connectivity index (χ1) is 7.86. The lowest BCUT2D eigenvalue weighted by Crippen LogP contribution is -2.14. The van der Waals surface area contributed by atoms with Gasteiger partial charge in [-0.1, -0.05) is 6.07 Å². The van der Waals surface area contributed by atoms with Crippen LogP contribution >= 0.6 is 11.8 Å². The molecule has 0 amide bonds. The molecule has 0 saturated heterocycles. The van der Waals surface area contributed by atoms with Crippen LogP contribution < -0.4 is 5.73 Å². The second-order valence-electron chi connectivity index (χ2n) is 3.63. The molecule has 0 heterocycles. The molecule has 0 spiro atoms. The molecule has 0 aliphatic heterocycles. The smallest absolute Gasteiger partial charge is 0.324 e. The van der Waals surface area contributed by atoms with Crippen molar-refractivity contribution in [2.24, 2.45) is 5.73 Å². The third kappa shape index (κ3) is 3.89. The summed E-state index contributed by atoms with van der Waals surface area (Å²) >= 11 is 1.58. The van der Waals surface area contributed by atoms with Gasteiger partial charge in [0.1, 0.15) is 5.82 Å². The van der Waals surface area contributed by atoms with Crippen molar-refractivity contribution in [1.29, 1.82) is 0 Å². The van der Waals surface area contributed by atoms with E-state index in [0.717, 1.165) is 17.9 Å². The number of alkyl halides is 3. The van der Waals surface area contributed by atoms with Gasteiger partial charge < -0.3 is 5.73 Å². The van der Waals surface area contributed by atoms with Crippen molar-refractivity contribution in [1.82, 2.24) is 0 Å². The number of hydrogen-bond acceptors (Lipinski definition) is 2. The molecule has 96 valence electrons. The predicted octanol–water partition coefficient (Wildman–Crippen LogP) is 3.60. The van der Waals surface area contributed by atoms with Crippen LogP contribution in [0.2, 0.25) is 0 Å². The minimum Gasteiger partial charge on any atom is -0.324 e. The Kier molecular flexibility index (Phi) is 4.82. The standard InChI is InChI=1S/C11H13F4NS/c1-17-5-4-10(16)7-2-3-8(9(12)6-7)11(13,14)15/h2-3,6,10H,4-5,16H2,1H3. The number of benzene rings is 1. The van der Waals surface area contributed by atoms with Crippen LogP contribution in [-0.2, 0) is 6.18 Å². The molecule has 0 fully saturated rings. The Balaban J connectivity index is 2.89. The molecular weight excluding hydrogens is 254 g/mol. The Hall–Kier alpha value is -0.750. The highest BCUT2D eigenvalue weighted by atomic mass is 32.2. The minimum atomic E-state index is -4.66. The fourth-order valence-corrected chi connectivity index (χ4v) is 1.89. The SMILES string of the molecule is CSCCC(N)c1ccc(C(F)(F)F)c(F)c1. The lowest BCUT2D eigenvalue weighted by Gasteiger charge is -2.14. The topological polar surface area (TPSA) is 26.0 Å². The Morgan fingerprint density at radius 1 is 1.35 bits per heavy atom. The zero-order chi connectivity index (χ0) is 13.1. The van der Waals surface area contributed by atoms with E-state index in [9.17, 15) is 17.6 Å². The first-order valence-electron chi connectivity index (χ1n) is 4.97. The van der Waals surface area contributed by atoms with E-state index < -0.39 is 23.6 Å². The zero-order valence-electron chi connectivity index (χ0n) is 9.22. The molecular formula is C11H13F4NS. The van der Waals surface area contributed by atoms with E-state index in [1.165, 1.54) is 6.07 Å². The van der Waals surface area contributed by atoms with Gasteiger partial charge in [0.05, 0.1) is 5.56 Å². The van der Waals surface area contributed by atoms with Crippen molar-refractivity contribution in [3.63, 3.8) is 0 Å². The summed E-state index contributed by atoms with van der Waals surface area (Å²) in [6.07, 6.45) is -2.15. The summed E-state index contributed by atoms with van der Waals surface area (Å²) in [7, 11) is 0. The van der Waals surface area contributed by atoms with Crippen molar-refractivity contribution in [2.75, 3.05) is 12.0 Å². The van der Waals surface area contributed by atoms with Crippen LogP contribution in [0.3, 0.4) is 0 Å². The van der Waals surface area contributed by atoms with Crippen LogP contribution in [0.5, 0.6) is 0 Å². The van der Waals surface area contributed by atoms with Gasteiger partial charge in [-0.3, -0.25) is 0 Å². The Labute approximate surface area is 101 Å². The normalized spacial score (nSPS) is 13.8. The van der Waals surface area contributed by atoms with E-state index in [-0.39, 0.29) is 0 Å². The van der Waals surface area contributed by atoms with E-state index in [1.54, 1.807) is 11.8 Å². The van der Waals surface area contributed by atoms with Gasteiger partial charge in [0, 0.05) is 6.04 Å². The number of halogens is 4. The average Bonchev–Trinajstić information content (AvgIpc) is 2.23. The molecule has 1 aromatic rings. The van der Waals surface area contributed by atoms with Crippen LogP contribution in [-0.4, -0.2) is 12.0 Å². The monoisotopic (exact) mass is 267 g/mol. The first-order valence-corrected chi connectivity index (χ1v) is 6.36. The Bertz CT molecular complexity index is 378. The van der Waals surface area contributed by atoms with Gasteiger partial charge in [0.25, 0.3) is 0 Å². The van der Waals surface area contributed by atoms with E-state index in [2.05, 4.69) is 0 Å². The molecule has 1 atom stereocenters. The Morgan fingerprint density at radius 2 is 2.00 bits per heavy atom. The molecule has 2 N–H and O–H groups in total. The fraction of sp³-hybridized carbons (Fsp3) is 0.455. The number of thioether (sulfide) groups is 1. The highest BCUT2D eigenvalue weighted by Crippen LogP contribution is 2.32. The second-order valence-corrected chi connectivity index (χ2v) is 4.61. The molecule has 0 aliphatic rings. The molecule has 6 heteroatoms. The van der Waals surface area contributed by atoms with Crippen LogP contribution in [0.4, 0.5) is 17.6 Å². The number of nitrogens with two attached hydrogens (primary N) is 1. The Morgan fingerprint density at radius 3 is 2.47 bits per heavy atom. The van der Waals surface area contributed by atoms with Crippen molar-refractivity contribution in [3.05, 3.63) is 35.1 Å². The van der Waals surface area contributed by atoms with E-state index >= 15 is 0 Å². The molecule has 0 bridgehead atoms. The molecule has 0 aromatic heterocycles. The lowest BCUT2D eigenvalue weighted by atomic mass is 10.0. The quantitative estimate of drug-likeness (QED) is 0.843. The summed E-state index contributed by atoms with van der Waals surface area (Å²) in [5, 5.41) is 0. The van der Waals surface area contributed by atoms with Gasteiger partial charge in [-0.2, -0.15) is 24.9 Å². The molecule has 1 unspecified atom stereocenters. The van der Waals surface area contributed by atoms with Gasteiger partial charge in [-0.25, -0.2) is 4.39 Å². The number of hydrogen-bond donors (Lipinski definition) is 1. The van der Waals surface area contributed by atoms with Crippen LogP contribution in [0.15, 0.2) is 18.2 Å².